The summed E-state index contributed by atoms with van der Waals surface area (Å²) in [5.74, 6) is 0. The standard InChI is InChI=1S/C6H5.Au/c1-2-4-6-5-3-1;/h1-5H;/q-1;+1. The average Bonchev–Trinajstić information content (AvgIpc) is 1.72. The SMILES string of the molecule is [Au+].[c-]1ccccc1. The van der Waals surface area contributed by atoms with Gasteiger partial charge in [-0.25, -0.2) is 0 Å². The molecule has 0 bridgehead atoms. The number of benzene rings is 1. The molecular weight excluding hydrogens is 269 g/mol. The molecule has 40 valence electrons. The van der Waals surface area contributed by atoms with Gasteiger partial charge in [-0.05, 0) is 0 Å². The predicted octanol–water partition coefficient (Wildman–Crippen LogP) is 1.48. The first-order valence-corrected chi connectivity index (χ1v) is 1.91. The quantitative estimate of drug-likeness (QED) is 0.496. The number of hydrogen-bond acceptors (Lipinski definition) is 0. The fraction of sp³-hybridized carbons (Fsp3) is 0. The summed E-state index contributed by atoms with van der Waals surface area (Å²) >= 11 is 0. The van der Waals surface area contributed by atoms with E-state index >= 15 is 0 Å². The summed E-state index contributed by atoms with van der Waals surface area (Å²) < 4.78 is 0. The predicted molar refractivity (Wildman–Crippen MR) is 25.3 cm³/mol. The Hall–Kier alpha value is -0.0397. The van der Waals surface area contributed by atoms with E-state index in [2.05, 4.69) is 6.07 Å². The fourth-order valence-electron chi connectivity index (χ4n) is 0.342. The van der Waals surface area contributed by atoms with Gasteiger partial charge in [0.25, 0.3) is 0 Å². The molecule has 0 unspecified atom stereocenters. The molecule has 0 saturated carbocycles. The van der Waals surface area contributed by atoms with Crippen LogP contribution in [0.4, 0.5) is 0 Å². The molecule has 0 saturated heterocycles. The Morgan fingerprint density at radius 1 is 0.857 bits per heavy atom. The Morgan fingerprint density at radius 2 is 1.43 bits per heavy atom. The van der Waals surface area contributed by atoms with E-state index in [1.54, 1.807) is 0 Å². The van der Waals surface area contributed by atoms with Crippen molar-refractivity contribution in [3.8, 4) is 0 Å². The molecule has 1 heteroatoms. The smallest absolute Gasteiger partial charge is 0.184 e. The minimum Gasteiger partial charge on any atom is -0.184 e. The van der Waals surface area contributed by atoms with Gasteiger partial charge in [-0.1, -0.05) is 0 Å². The Bertz CT molecular complexity index is 76.1. The van der Waals surface area contributed by atoms with Crippen molar-refractivity contribution in [1.29, 1.82) is 0 Å². The molecule has 7 heavy (non-hydrogen) atoms. The summed E-state index contributed by atoms with van der Waals surface area (Å²) in [5.41, 5.74) is 0. The van der Waals surface area contributed by atoms with Crippen LogP contribution in [0.5, 0.6) is 0 Å². The summed E-state index contributed by atoms with van der Waals surface area (Å²) in [4.78, 5) is 0. The van der Waals surface area contributed by atoms with Crippen LogP contribution in [0.15, 0.2) is 30.3 Å². The summed E-state index contributed by atoms with van der Waals surface area (Å²) in [6.45, 7) is 0. The molecule has 0 radical (unpaired) electrons. The van der Waals surface area contributed by atoms with Crippen LogP contribution in [0.25, 0.3) is 0 Å². The van der Waals surface area contributed by atoms with Crippen molar-refractivity contribution in [2.45, 2.75) is 0 Å². The van der Waals surface area contributed by atoms with E-state index in [9.17, 15) is 0 Å². The van der Waals surface area contributed by atoms with Crippen molar-refractivity contribution in [3.05, 3.63) is 36.4 Å². The molecule has 1 aromatic rings. The van der Waals surface area contributed by atoms with Crippen molar-refractivity contribution in [2.75, 3.05) is 0 Å². The fourth-order valence-corrected chi connectivity index (χ4v) is 0.342. The molecule has 0 aliphatic rings. The molecule has 0 aliphatic carbocycles. The van der Waals surface area contributed by atoms with Crippen molar-refractivity contribution < 1.29 is 22.4 Å². The van der Waals surface area contributed by atoms with Crippen LogP contribution < -0.4 is 0 Å². The van der Waals surface area contributed by atoms with Gasteiger partial charge in [0, 0.05) is 0 Å². The van der Waals surface area contributed by atoms with E-state index in [0.717, 1.165) is 0 Å². The van der Waals surface area contributed by atoms with Crippen LogP contribution >= 0.6 is 0 Å². The van der Waals surface area contributed by atoms with Gasteiger partial charge >= 0.3 is 22.4 Å². The third-order valence-corrected chi connectivity index (χ3v) is 0.607. The molecule has 0 N–H and O–H groups in total. The molecule has 1 rings (SSSR count). The van der Waals surface area contributed by atoms with Crippen LogP contribution in [-0.4, -0.2) is 0 Å². The summed E-state index contributed by atoms with van der Waals surface area (Å²) in [6.07, 6.45) is 0. The zero-order valence-electron chi connectivity index (χ0n) is 3.69. The molecule has 0 atom stereocenters. The van der Waals surface area contributed by atoms with Gasteiger partial charge < -0.3 is 0 Å². The molecule has 0 aromatic heterocycles. The second-order valence-electron chi connectivity index (χ2n) is 1.08. The van der Waals surface area contributed by atoms with E-state index in [0.29, 0.717) is 0 Å². The normalized spacial score (nSPS) is 6.86. The third-order valence-electron chi connectivity index (χ3n) is 0.607. The molecule has 0 aliphatic heterocycles. The first kappa shape index (κ1) is 6.96. The van der Waals surface area contributed by atoms with Gasteiger partial charge in [-0.3, -0.25) is 0 Å². The zero-order chi connectivity index (χ0) is 4.24. The van der Waals surface area contributed by atoms with Gasteiger partial charge in [0.15, 0.2) is 0 Å². The molecule has 0 nitrogen and oxygen atoms in total. The van der Waals surface area contributed by atoms with Crippen LogP contribution in [0, 0.1) is 6.07 Å². The minimum absolute atomic E-state index is 0. The largest absolute Gasteiger partial charge is 1.00 e. The van der Waals surface area contributed by atoms with Crippen LogP contribution in [0.1, 0.15) is 0 Å². The Morgan fingerprint density at radius 3 is 1.57 bits per heavy atom. The van der Waals surface area contributed by atoms with E-state index in [-0.39, 0.29) is 22.4 Å². The molecule has 0 heterocycles. The maximum absolute atomic E-state index is 2.89. The van der Waals surface area contributed by atoms with Crippen LogP contribution in [0.2, 0.25) is 0 Å². The number of rotatable bonds is 0. The average molecular weight is 274 g/mol. The third kappa shape index (κ3) is 2.63. The molecule has 1 aromatic carbocycles. The van der Waals surface area contributed by atoms with Gasteiger partial charge in [-0.2, -0.15) is 36.4 Å². The molecule has 0 spiro atoms. The summed E-state index contributed by atoms with van der Waals surface area (Å²) in [7, 11) is 0. The van der Waals surface area contributed by atoms with Gasteiger partial charge in [-0.15, -0.1) is 0 Å². The second-order valence-corrected chi connectivity index (χ2v) is 1.08. The van der Waals surface area contributed by atoms with Gasteiger partial charge in [0.05, 0.1) is 0 Å². The first-order valence-electron chi connectivity index (χ1n) is 1.91. The van der Waals surface area contributed by atoms with Gasteiger partial charge in [0.1, 0.15) is 0 Å². The Balaban J connectivity index is 0.000000360. The van der Waals surface area contributed by atoms with E-state index in [1.807, 2.05) is 30.3 Å². The van der Waals surface area contributed by atoms with Crippen molar-refractivity contribution in [2.24, 2.45) is 0 Å². The van der Waals surface area contributed by atoms with Crippen molar-refractivity contribution in [3.63, 3.8) is 0 Å². The van der Waals surface area contributed by atoms with Crippen LogP contribution in [0.3, 0.4) is 0 Å². The Labute approximate surface area is 59.1 Å². The summed E-state index contributed by atoms with van der Waals surface area (Å²) in [5, 5.41) is 0. The first-order chi connectivity index (χ1) is 3.00. The van der Waals surface area contributed by atoms with Crippen molar-refractivity contribution >= 4 is 0 Å². The monoisotopic (exact) mass is 274 g/mol. The molecule has 0 fully saturated rings. The van der Waals surface area contributed by atoms with E-state index < -0.39 is 0 Å². The summed E-state index contributed by atoms with van der Waals surface area (Å²) in [6, 6.07) is 12.5. The van der Waals surface area contributed by atoms with E-state index in [1.165, 1.54) is 0 Å². The topological polar surface area (TPSA) is 0 Å². The maximum atomic E-state index is 2.89. The zero-order valence-corrected chi connectivity index (χ0v) is 5.85. The second kappa shape index (κ2) is 4.13. The maximum Gasteiger partial charge on any atom is 1.00 e. The minimum atomic E-state index is 0. The molecular formula is C6H5Au. The Kier molecular flexibility index (Phi) is 4.10. The van der Waals surface area contributed by atoms with Gasteiger partial charge in [0.2, 0.25) is 0 Å². The van der Waals surface area contributed by atoms with Crippen molar-refractivity contribution in [1.82, 2.24) is 0 Å². The van der Waals surface area contributed by atoms with Crippen LogP contribution in [-0.2, 0) is 22.4 Å². The van der Waals surface area contributed by atoms with E-state index in [4.69, 9.17) is 0 Å². The number of hydrogen-bond donors (Lipinski definition) is 0. The molecule has 0 amide bonds.